The largest absolute Gasteiger partial charge is 0.339 e. The summed E-state index contributed by atoms with van der Waals surface area (Å²) >= 11 is 0. The van der Waals surface area contributed by atoms with E-state index in [9.17, 15) is 9.59 Å². The number of hydrogen-bond donors (Lipinski definition) is 0. The summed E-state index contributed by atoms with van der Waals surface area (Å²) in [5.41, 5.74) is 1.16. The lowest BCUT2D eigenvalue weighted by Gasteiger charge is -2.18. The van der Waals surface area contributed by atoms with Gasteiger partial charge in [-0.25, -0.2) is 0 Å². The number of ketones is 1. The molecule has 16 heavy (non-hydrogen) atoms. The molecule has 0 aliphatic rings. The van der Waals surface area contributed by atoms with Crippen LogP contribution in [0.5, 0.6) is 0 Å². The molecule has 1 rings (SSSR count). The number of hydrogen-bond acceptors (Lipinski definition) is 2. The Hall–Kier alpha value is -1.64. The summed E-state index contributed by atoms with van der Waals surface area (Å²) < 4.78 is 0. The molecule has 0 atom stereocenters. The smallest absolute Gasteiger partial charge is 0.253 e. The van der Waals surface area contributed by atoms with Gasteiger partial charge in [0, 0.05) is 24.2 Å². The molecule has 0 spiro atoms. The Bertz CT molecular complexity index is 395. The van der Waals surface area contributed by atoms with E-state index in [-0.39, 0.29) is 11.7 Å². The average Bonchev–Trinajstić information content (AvgIpc) is 2.30. The zero-order valence-corrected chi connectivity index (χ0v) is 9.99. The van der Waals surface area contributed by atoms with Crippen molar-refractivity contribution in [1.29, 1.82) is 0 Å². The summed E-state index contributed by atoms with van der Waals surface area (Å²) in [7, 11) is 0. The molecule has 1 aromatic carbocycles. The van der Waals surface area contributed by atoms with Gasteiger partial charge in [-0.15, -0.1) is 0 Å². The van der Waals surface area contributed by atoms with Crippen molar-refractivity contribution in [3.63, 3.8) is 0 Å². The number of Topliss-reactive ketones (excluding diaryl/α,β-unsaturated/α-hetero) is 1. The fourth-order valence-corrected chi connectivity index (χ4v) is 1.56. The van der Waals surface area contributed by atoms with Gasteiger partial charge in [0.05, 0.1) is 0 Å². The fraction of sp³-hybridized carbons (Fsp3) is 0.385. The van der Waals surface area contributed by atoms with Crippen LogP contribution < -0.4 is 0 Å². The van der Waals surface area contributed by atoms with Gasteiger partial charge in [0.25, 0.3) is 5.91 Å². The van der Waals surface area contributed by atoms with Crippen LogP contribution in [-0.4, -0.2) is 29.7 Å². The quantitative estimate of drug-likeness (QED) is 0.729. The molecular weight excluding hydrogens is 202 g/mol. The van der Waals surface area contributed by atoms with Crippen LogP contribution in [0.2, 0.25) is 0 Å². The van der Waals surface area contributed by atoms with Crippen LogP contribution in [0.15, 0.2) is 24.3 Å². The molecule has 0 bridgehead atoms. The summed E-state index contributed by atoms with van der Waals surface area (Å²) in [6.45, 7) is 6.74. The van der Waals surface area contributed by atoms with Gasteiger partial charge in [-0.3, -0.25) is 9.59 Å². The molecule has 0 fully saturated rings. The van der Waals surface area contributed by atoms with Gasteiger partial charge in [-0.2, -0.15) is 0 Å². The third kappa shape index (κ3) is 2.69. The third-order valence-electron chi connectivity index (χ3n) is 2.57. The van der Waals surface area contributed by atoms with Crippen molar-refractivity contribution in [2.45, 2.75) is 20.8 Å². The summed E-state index contributed by atoms with van der Waals surface area (Å²) in [5, 5.41) is 0. The molecule has 0 unspecified atom stereocenters. The molecule has 0 saturated heterocycles. The molecule has 0 aliphatic carbocycles. The van der Waals surface area contributed by atoms with E-state index in [1.54, 1.807) is 29.2 Å². The molecule has 0 radical (unpaired) electrons. The van der Waals surface area contributed by atoms with Crippen LogP contribution in [0.25, 0.3) is 0 Å². The first-order valence-corrected chi connectivity index (χ1v) is 5.50. The summed E-state index contributed by atoms with van der Waals surface area (Å²) in [6, 6.07) is 6.87. The summed E-state index contributed by atoms with van der Waals surface area (Å²) in [5.74, 6) is -0.0395. The molecule has 3 nitrogen and oxygen atoms in total. The van der Waals surface area contributed by atoms with Crippen LogP contribution in [0.3, 0.4) is 0 Å². The van der Waals surface area contributed by atoms with Crippen molar-refractivity contribution < 1.29 is 9.59 Å². The van der Waals surface area contributed by atoms with Crippen LogP contribution in [-0.2, 0) is 0 Å². The van der Waals surface area contributed by atoms with E-state index >= 15 is 0 Å². The monoisotopic (exact) mass is 219 g/mol. The molecule has 0 N–H and O–H groups in total. The second-order valence-electron chi connectivity index (χ2n) is 3.61. The Morgan fingerprint density at radius 2 is 1.69 bits per heavy atom. The second-order valence-corrected chi connectivity index (χ2v) is 3.61. The number of amides is 1. The van der Waals surface area contributed by atoms with Crippen LogP contribution in [0.1, 0.15) is 41.5 Å². The van der Waals surface area contributed by atoms with Crippen molar-refractivity contribution in [2.24, 2.45) is 0 Å². The number of nitrogens with zero attached hydrogens (tertiary/aromatic N) is 1. The Kier molecular flexibility index (Phi) is 4.23. The van der Waals surface area contributed by atoms with Gasteiger partial charge < -0.3 is 4.90 Å². The molecule has 0 heterocycles. The number of rotatable bonds is 4. The highest BCUT2D eigenvalue weighted by Crippen LogP contribution is 2.09. The molecule has 86 valence electrons. The highest BCUT2D eigenvalue weighted by molar-refractivity contribution is 5.99. The highest BCUT2D eigenvalue weighted by Gasteiger charge is 2.13. The van der Waals surface area contributed by atoms with Crippen molar-refractivity contribution in [3.05, 3.63) is 35.4 Å². The molecule has 3 heteroatoms. The summed E-state index contributed by atoms with van der Waals surface area (Å²) in [6.07, 6.45) is 0. The lowest BCUT2D eigenvalue weighted by molar-refractivity contribution is 0.0773. The van der Waals surface area contributed by atoms with Crippen LogP contribution in [0, 0.1) is 0 Å². The minimum Gasteiger partial charge on any atom is -0.339 e. The van der Waals surface area contributed by atoms with Crippen molar-refractivity contribution in [1.82, 2.24) is 4.90 Å². The normalized spacial score (nSPS) is 9.94. The van der Waals surface area contributed by atoms with E-state index in [1.165, 1.54) is 6.92 Å². The molecule has 0 aromatic heterocycles. The maximum Gasteiger partial charge on any atom is 0.253 e. The third-order valence-corrected chi connectivity index (χ3v) is 2.57. The minimum absolute atomic E-state index is 0.0193. The molecule has 1 aromatic rings. The van der Waals surface area contributed by atoms with Crippen molar-refractivity contribution in [3.8, 4) is 0 Å². The Morgan fingerprint density at radius 1 is 1.12 bits per heavy atom. The molecule has 0 aliphatic heterocycles. The first kappa shape index (κ1) is 12.4. The minimum atomic E-state index is -0.0203. The van der Waals surface area contributed by atoms with Gasteiger partial charge in [0.1, 0.15) is 0 Å². The lowest BCUT2D eigenvalue weighted by atomic mass is 10.1. The molecule has 0 saturated carbocycles. The van der Waals surface area contributed by atoms with E-state index < -0.39 is 0 Å². The average molecular weight is 219 g/mol. The van der Waals surface area contributed by atoms with Gasteiger partial charge in [-0.1, -0.05) is 12.1 Å². The zero-order chi connectivity index (χ0) is 12.1. The number of carbonyl (C=O) groups is 2. The highest BCUT2D eigenvalue weighted by atomic mass is 16.2. The van der Waals surface area contributed by atoms with E-state index in [0.29, 0.717) is 24.2 Å². The Balaban J connectivity index is 3.00. The maximum absolute atomic E-state index is 12.0. The van der Waals surface area contributed by atoms with Gasteiger partial charge in [0.2, 0.25) is 0 Å². The van der Waals surface area contributed by atoms with Gasteiger partial charge in [0.15, 0.2) is 5.78 Å². The van der Waals surface area contributed by atoms with E-state index in [1.807, 2.05) is 13.8 Å². The predicted octanol–water partition coefficient (Wildman–Crippen LogP) is 2.37. The topological polar surface area (TPSA) is 37.4 Å². The fourth-order valence-electron chi connectivity index (χ4n) is 1.56. The summed E-state index contributed by atoms with van der Waals surface area (Å²) in [4.78, 5) is 24.9. The zero-order valence-electron chi connectivity index (χ0n) is 9.99. The maximum atomic E-state index is 12.0. The lowest BCUT2D eigenvalue weighted by Crippen LogP contribution is -2.30. The Labute approximate surface area is 96.1 Å². The second kappa shape index (κ2) is 5.45. The standard InChI is InChI=1S/C13H17NO2/c1-4-14(5-2)13(16)12-8-6-7-11(9-12)10(3)15/h6-9H,4-5H2,1-3H3. The van der Waals surface area contributed by atoms with E-state index in [2.05, 4.69) is 0 Å². The predicted molar refractivity (Wildman–Crippen MR) is 63.7 cm³/mol. The van der Waals surface area contributed by atoms with Crippen LogP contribution in [0.4, 0.5) is 0 Å². The number of benzene rings is 1. The first-order valence-electron chi connectivity index (χ1n) is 5.50. The molecule has 1 amide bonds. The molecular formula is C13H17NO2. The van der Waals surface area contributed by atoms with Crippen molar-refractivity contribution in [2.75, 3.05) is 13.1 Å². The van der Waals surface area contributed by atoms with Crippen molar-refractivity contribution >= 4 is 11.7 Å². The first-order chi connectivity index (χ1) is 7.60. The van der Waals surface area contributed by atoms with Gasteiger partial charge in [-0.05, 0) is 32.9 Å². The van der Waals surface area contributed by atoms with Gasteiger partial charge >= 0.3 is 0 Å². The van der Waals surface area contributed by atoms with E-state index in [4.69, 9.17) is 0 Å². The van der Waals surface area contributed by atoms with Crippen LogP contribution >= 0.6 is 0 Å². The SMILES string of the molecule is CCN(CC)C(=O)c1cccc(C(C)=O)c1. The van der Waals surface area contributed by atoms with E-state index in [0.717, 1.165) is 0 Å². The Morgan fingerprint density at radius 3 is 2.19 bits per heavy atom. The number of carbonyl (C=O) groups excluding carboxylic acids is 2.